The molecule has 0 N–H and O–H groups in total. The number of amides is 1. The van der Waals surface area contributed by atoms with Crippen LogP contribution in [-0.2, 0) is 0 Å². The molecule has 29 heavy (non-hydrogen) atoms. The molecule has 1 aliphatic rings. The molecule has 0 spiro atoms. The number of furan rings is 1. The lowest BCUT2D eigenvalue weighted by molar-refractivity contribution is 0.0946. The molecule has 6 nitrogen and oxygen atoms in total. The molecule has 2 aromatic heterocycles. The van der Waals surface area contributed by atoms with E-state index in [1.54, 1.807) is 23.2 Å². The van der Waals surface area contributed by atoms with Gasteiger partial charge in [-0.25, -0.2) is 4.98 Å². The first kappa shape index (κ1) is 19.2. The molecule has 3 heterocycles. The summed E-state index contributed by atoms with van der Waals surface area (Å²) in [7, 11) is 0. The summed E-state index contributed by atoms with van der Waals surface area (Å²) in [6, 6.07) is 19.8. The number of pyridine rings is 1. The van der Waals surface area contributed by atoms with Gasteiger partial charge in [0.2, 0.25) is 0 Å². The predicted molar refractivity (Wildman–Crippen MR) is 114 cm³/mol. The van der Waals surface area contributed by atoms with Crippen molar-refractivity contribution in [1.82, 2.24) is 9.88 Å². The van der Waals surface area contributed by atoms with Gasteiger partial charge in [0.05, 0.1) is 6.26 Å². The first-order chi connectivity index (χ1) is 14.2. The zero-order chi connectivity index (χ0) is 20.1. The van der Waals surface area contributed by atoms with Gasteiger partial charge in [-0.05, 0) is 43.3 Å². The van der Waals surface area contributed by atoms with E-state index < -0.39 is 0 Å². The lowest BCUT2D eigenvalue weighted by Gasteiger charge is -2.40. The van der Waals surface area contributed by atoms with Gasteiger partial charge in [-0.1, -0.05) is 24.3 Å². The van der Waals surface area contributed by atoms with Crippen LogP contribution in [0.1, 0.15) is 17.5 Å². The lowest BCUT2D eigenvalue weighted by atomic mass is 10.2. The average Bonchev–Trinajstić information content (AvgIpc) is 3.33. The van der Waals surface area contributed by atoms with E-state index in [1.165, 1.54) is 12.0 Å². The third-order valence-electron chi connectivity index (χ3n) is 5.41. The van der Waals surface area contributed by atoms with Crippen LogP contribution in [0.25, 0.3) is 0 Å². The molecule has 6 heteroatoms. The Labute approximate surface area is 171 Å². The fourth-order valence-corrected chi connectivity index (χ4v) is 3.77. The van der Waals surface area contributed by atoms with Crippen LogP contribution >= 0.6 is 0 Å². The zero-order valence-electron chi connectivity index (χ0n) is 16.6. The number of nitrogens with zero attached hydrogens (tertiary/aromatic N) is 4. The van der Waals surface area contributed by atoms with Crippen LogP contribution in [-0.4, -0.2) is 54.6 Å². The number of piperazine rings is 1. The summed E-state index contributed by atoms with van der Waals surface area (Å²) in [5.74, 6) is 0.809. The Morgan fingerprint density at radius 2 is 1.79 bits per heavy atom. The number of hydrogen-bond donors (Lipinski definition) is 0. The maximum atomic E-state index is 13.0. The number of hydrogen-bond acceptors (Lipinski definition) is 5. The predicted octanol–water partition coefficient (Wildman–Crippen LogP) is 3.53. The van der Waals surface area contributed by atoms with Crippen LogP contribution in [0.15, 0.2) is 77.5 Å². The van der Waals surface area contributed by atoms with E-state index in [0.717, 1.165) is 26.2 Å². The van der Waals surface area contributed by atoms with Crippen LogP contribution in [0.2, 0.25) is 0 Å². The third-order valence-corrected chi connectivity index (χ3v) is 5.41. The van der Waals surface area contributed by atoms with Crippen molar-refractivity contribution < 1.29 is 9.21 Å². The Hall–Kier alpha value is -3.12. The van der Waals surface area contributed by atoms with Crippen molar-refractivity contribution in [1.29, 1.82) is 0 Å². The van der Waals surface area contributed by atoms with E-state index in [0.29, 0.717) is 18.1 Å². The van der Waals surface area contributed by atoms with Crippen LogP contribution < -0.4 is 9.80 Å². The standard InChI is InChI=1S/C23H26N4O2/c1-19(25-13-15-26(16-14-25)20-8-3-2-4-9-20)18-27(22-11-5-6-12-24-22)23(28)21-10-7-17-29-21/h2-12,17,19H,13-16,18H2,1H3. The Kier molecular flexibility index (Phi) is 5.91. The van der Waals surface area contributed by atoms with E-state index in [4.69, 9.17) is 4.42 Å². The molecule has 1 unspecified atom stereocenters. The highest BCUT2D eigenvalue weighted by molar-refractivity contribution is 6.03. The fraction of sp³-hybridized carbons (Fsp3) is 0.304. The molecule has 3 aromatic rings. The Balaban J connectivity index is 1.43. The second kappa shape index (κ2) is 8.92. The van der Waals surface area contributed by atoms with Crippen molar-refractivity contribution in [2.24, 2.45) is 0 Å². The molecule has 1 amide bonds. The van der Waals surface area contributed by atoms with Gasteiger partial charge in [0.25, 0.3) is 5.91 Å². The molecule has 4 rings (SSSR count). The molecular formula is C23H26N4O2. The molecule has 1 aliphatic heterocycles. The highest BCUT2D eigenvalue weighted by Gasteiger charge is 2.27. The molecule has 1 atom stereocenters. The van der Waals surface area contributed by atoms with Crippen molar-refractivity contribution in [3.8, 4) is 0 Å². The number of benzene rings is 1. The quantitative estimate of drug-likeness (QED) is 0.644. The number of anilines is 2. The molecule has 150 valence electrons. The first-order valence-electron chi connectivity index (χ1n) is 10.0. The van der Waals surface area contributed by atoms with Gasteiger partial charge in [0, 0.05) is 50.6 Å². The summed E-state index contributed by atoms with van der Waals surface area (Å²) in [6.07, 6.45) is 3.23. The minimum absolute atomic E-state index is 0.163. The van der Waals surface area contributed by atoms with Crippen molar-refractivity contribution in [3.05, 3.63) is 78.9 Å². The van der Waals surface area contributed by atoms with Crippen LogP contribution in [0, 0.1) is 0 Å². The maximum Gasteiger partial charge on any atom is 0.295 e. The van der Waals surface area contributed by atoms with Gasteiger partial charge in [0.1, 0.15) is 5.82 Å². The maximum absolute atomic E-state index is 13.0. The summed E-state index contributed by atoms with van der Waals surface area (Å²) < 4.78 is 5.35. The van der Waals surface area contributed by atoms with Gasteiger partial charge in [-0.2, -0.15) is 0 Å². The van der Waals surface area contributed by atoms with Crippen molar-refractivity contribution in [3.63, 3.8) is 0 Å². The van der Waals surface area contributed by atoms with Gasteiger partial charge >= 0.3 is 0 Å². The minimum atomic E-state index is -0.163. The van der Waals surface area contributed by atoms with Gasteiger partial charge < -0.3 is 9.32 Å². The molecule has 1 aromatic carbocycles. The summed E-state index contributed by atoms with van der Waals surface area (Å²) in [5.41, 5.74) is 1.27. The average molecular weight is 390 g/mol. The van der Waals surface area contributed by atoms with Crippen molar-refractivity contribution >= 4 is 17.4 Å². The highest BCUT2D eigenvalue weighted by atomic mass is 16.3. The van der Waals surface area contributed by atoms with Crippen LogP contribution in [0.4, 0.5) is 11.5 Å². The Bertz CT molecular complexity index is 891. The molecule has 0 aliphatic carbocycles. The van der Waals surface area contributed by atoms with E-state index >= 15 is 0 Å². The SMILES string of the molecule is CC(CN(C(=O)c1ccco1)c1ccccn1)N1CCN(c2ccccc2)CC1. The number of aromatic nitrogens is 1. The molecule has 0 saturated carbocycles. The molecular weight excluding hydrogens is 364 g/mol. The van der Waals surface area contributed by atoms with E-state index in [-0.39, 0.29) is 11.9 Å². The highest BCUT2D eigenvalue weighted by Crippen LogP contribution is 2.19. The second-order valence-corrected chi connectivity index (χ2v) is 7.29. The summed E-state index contributed by atoms with van der Waals surface area (Å²) in [5, 5.41) is 0. The fourth-order valence-electron chi connectivity index (χ4n) is 3.77. The van der Waals surface area contributed by atoms with E-state index in [2.05, 4.69) is 46.0 Å². The smallest absolute Gasteiger partial charge is 0.295 e. The monoisotopic (exact) mass is 390 g/mol. The number of rotatable bonds is 6. The number of para-hydroxylation sites is 1. The van der Waals surface area contributed by atoms with Crippen LogP contribution in [0.5, 0.6) is 0 Å². The molecule has 0 bridgehead atoms. The minimum Gasteiger partial charge on any atom is -0.459 e. The van der Waals surface area contributed by atoms with Crippen molar-refractivity contribution in [2.45, 2.75) is 13.0 Å². The number of carbonyl (C=O) groups excluding carboxylic acids is 1. The van der Waals surface area contributed by atoms with Crippen LogP contribution in [0.3, 0.4) is 0 Å². The normalized spacial score (nSPS) is 15.8. The van der Waals surface area contributed by atoms with E-state index in [9.17, 15) is 4.79 Å². The summed E-state index contributed by atoms with van der Waals surface area (Å²) in [4.78, 5) is 24.0. The Morgan fingerprint density at radius 1 is 1.03 bits per heavy atom. The lowest BCUT2D eigenvalue weighted by Crippen LogP contribution is -2.53. The molecule has 1 fully saturated rings. The molecule has 0 radical (unpaired) electrons. The van der Waals surface area contributed by atoms with Gasteiger partial charge in [0.15, 0.2) is 5.76 Å². The third kappa shape index (κ3) is 4.49. The Morgan fingerprint density at radius 3 is 2.45 bits per heavy atom. The number of carbonyl (C=O) groups is 1. The molecule has 1 saturated heterocycles. The van der Waals surface area contributed by atoms with Crippen molar-refractivity contribution in [2.75, 3.05) is 42.5 Å². The summed E-state index contributed by atoms with van der Waals surface area (Å²) >= 11 is 0. The zero-order valence-corrected chi connectivity index (χ0v) is 16.6. The van der Waals surface area contributed by atoms with E-state index in [1.807, 2.05) is 24.3 Å². The topological polar surface area (TPSA) is 52.8 Å². The van der Waals surface area contributed by atoms with Gasteiger partial charge in [-0.3, -0.25) is 14.6 Å². The van der Waals surface area contributed by atoms with Gasteiger partial charge in [-0.15, -0.1) is 0 Å². The first-order valence-corrected chi connectivity index (χ1v) is 10.0. The summed E-state index contributed by atoms with van der Waals surface area (Å²) in [6.45, 7) is 6.60. The largest absolute Gasteiger partial charge is 0.459 e. The second-order valence-electron chi connectivity index (χ2n) is 7.29.